The van der Waals surface area contributed by atoms with Crippen LogP contribution in [0.5, 0.6) is 0 Å². The normalized spacial score (nSPS) is 17.9. The molecule has 0 amide bonds. The number of aliphatic imine (C=N–C) groups is 1. The Hall–Kier alpha value is -1.69. The average molecular weight is 284 g/mol. The maximum atomic E-state index is 12.5. The van der Waals surface area contributed by atoms with Gasteiger partial charge in [0.1, 0.15) is 0 Å². The van der Waals surface area contributed by atoms with Crippen LogP contribution in [0.1, 0.15) is 30.9 Å². The fraction of sp³-hybridized carbons (Fsp3) is 0.429. The zero-order valence-electron chi connectivity index (χ0n) is 11.7. The lowest BCUT2D eigenvalue weighted by Crippen LogP contribution is -2.37. The zero-order chi connectivity index (χ0) is 15.0. The molecular formula is C14H17F3N3+. The Balaban J connectivity index is 2.30. The highest BCUT2D eigenvalue weighted by Crippen LogP contribution is 2.29. The van der Waals surface area contributed by atoms with Crippen LogP contribution < -0.4 is 0 Å². The van der Waals surface area contributed by atoms with Gasteiger partial charge in [0.05, 0.1) is 19.7 Å². The van der Waals surface area contributed by atoms with Crippen molar-refractivity contribution in [2.45, 2.75) is 25.9 Å². The molecule has 0 unspecified atom stereocenters. The van der Waals surface area contributed by atoms with E-state index in [2.05, 4.69) is 17.0 Å². The van der Waals surface area contributed by atoms with Gasteiger partial charge in [0, 0.05) is 12.0 Å². The van der Waals surface area contributed by atoms with Crippen LogP contribution >= 0.6 is 0 Å². The first-order chi connectivity index (χ1) is 9.24. The molecule has 1 aliphatic rings. The number of halogens is 3. The minimum atomic E-state index is -4.32. The summed E-state index contributed by atoms with van der Waals surface area (Å²) in [7, 11) is 3.82. The average Bonchev–Trinajstić information content (AvgIpc) is 2.65. The first-order valence-electron chi connectivity index (χ1n) is 6.44. The van der Waals surface area contributed by atoms with Gasteiger partial charge in [-0.05, 0) is 18.6 Å². The molecule has 108 valence electrons. The smallest absolute Gasteiger partial charge is 0.172 e. The molecule has 0 aliphatic carbocycles. The van der Waals surface area contributed by atoms with Crippen molar-refractivity contribution in [2.75, 3.05) is 14.1 Å². The molecule has 20 heavy (non-hydrogen) atoms. The summed E-state index contributed by atoms with van der Waals surface area (Å²) in [4.78, 5) is 4.45. The van der Waals surface area contributed by atoms with Crippen LogP contribution in [-0.4, -0.2) is 30.4 Å². The highest BCUT2D eigenvalue weighted by Gasteiger charge is 2.33. The third-order valence-corrected chi connectivity index (χ3v) is 3.16. The van der Waals surface area contributed by atoms with Crippen molar-refractivity contribution < 1.29 is 17.8 Å². The van der Waals surface area contributed by atoms with E-state index in [1.165, 1.54) is 12.1 Å². The number of hydrogen-bond donors (Lipinski definition) is 0. The molecule has 0 spiro atoms. The second kappa shape index (κ2) is 5.01. The number of rotatable bonds is 3. The maximum Gasteiger partial charge on any atom is 0.416 e. The maximum absolute atomic E-state index is 12.5. The van der Waals surface area contributed by atoms with E-state index in [4.69, 9.17) is 0 Å². The van der Waals surface area contributed by atoms with Gasteiger partial charge in [-0.15, -0.1) is 0 Å². The second-order valence-electron chi connectivity index (χ2n) is 5.17. The topological polar surface area (TPSA) is 24.7 Å². The Morgan fingerprint density at radius 1 is 1.10 bits per heavy atom. The lowest BCUT2D eigenvalue weighted by Gasteiger charge is -2.17. The first kappa shape index (κ1) is 14.7. The van der Waals surface area contributed by atoms with Gasteiger partial charge < -0.3 is 0 Å². The van der Waals surface area contributed by atoms with E-state index in [1.54, 1.807) is 0 Å². The Morgan fingerprint density at radius 2 is 1.70 bits per heavy atom. The van der Waals surface area contributed by atoms with Gasteiger partial charge in [0.25, 0.3) is 0 Å². The summed E-state index contributed by atoms with van der Waals surface area (Å²) in [6.07, 6.45) is -2.54. The largest absolute Gasteiger partial charge is 0.416 e. The number of nitrogens with zero attached hydrogens (tertiary/aromatic N) is 3. The highest BCUT2D eigenvalue weighted by molar-refractivity contribution is 6.07. The van der Waals surface area contributed by atoms with Crippen molar-refractivity contribution in [3.63, 3.8) is 0 Å². The lowest BCUT2D eigenvalue weighted by molar-refractivity contribution is -0.804. The summed E-state index contributed by atoms with van der Waals surface area (Å²) in [6, 6.07) is 4.95. The van der Waals surface area contributed by atoms with Crippen molar-refractivity contribution in [2.24, 2.45) is 10.1 Å². The van der Waals surface area contributed by atoms with Gasteiger partial charge in [-0.3, -0.25) is 0 Å². The van der Waals surface area contributed by atoms with Crippen molar-refractivity contribution in [1.29, 1.82) is 0 Å². The van der Waals surface area contributed by atoms with Gasteiger partial charge in [-0.1, -0.05) is 24.2 Å². The summed E-state index contributed by atoms with van der Waals surface area (Å²) in [6.45, 7) is 2.05. The number of quaternary nitrogens is 1. The molecule has 1 aromatic rings. The second-order valence-corrected chi connectivity index (χ2v) is 5.17. The van der Waals surface area contributed by atoms with Gasteiger partial charge in [-0.2, -0.15) is 22.8 Å². The van der Waals surface area contributed by atoms with E-state index in [0.717, 1.165) is 30.8 Å². The molecule has 2 rings (SSSR count). The van der Waals surface area contributed by atoms with Crippen LogP contribution in [0.25, 0.3) is 0 Å². The van der Waals surface area contributed by atoms with Crippen molar-refractivity contribution in [3.05, 3.63) is 35.4 Å². The Labute approximate surface area is 116 Å². The fourth-order valence-corrected chi connectivity index (χ4v) is 2.05. The molecule has 1 aliphatic heterocycles. The van der Waals surface area contributed by atoms with E-state index in [1.807, 2.05) is 14.1 Å². The predicted molar refractivity (Wildman–Crippen MR) is 72.4 cm³/mol. The summed E-state index contributed by atoms with van der Waals surface area (Å²) in [5.41, 5.74) is -0.0540. The quantitative estimate of drug-likeness (QED) is 0.757. The van der Waals surface area contributed by atoms with Crippen LogP contribution in [0.3, 0.4) is 0 Å². The van der Waals surface area contributed by atoms with Gasteiger partial charge >= 0.3 is 6.18 Å². The molecule has 0 N–H and O–H groups in total. The fourth-order valence-electron chi connectivity index (χ4n) is 2.05. The zero-order valence-corrected chi connectivity index (χ0v) is 11.7. The van der Waals surface area contributed by atoms with Crippen LogP contribution in [0, 0.1) is 0 Å². The van der Waals surface area contributed by atoms with Crippen LogP contribution in [-0.2, 0) is 6.18 Å². The van der Waals surface area contributed by atoms with Crippen molar-refractivity contribution in [1.82, 2.24) is 0 Å². The standard InChI is InChI=1S/C14H17F3N3/c1-4-5-12-18-13(19-20(12,2)3)10-6-8-11(9-7-10)14(15,16)17/h6-9H,4-5H2,1-3H3/q+1. The SMILES string of the molecule is CCCC1=NC(c2ccc(C(F)(F)F)cc2)=N[N+]1(C)C. The summed E-state index contributed by atoms with van der Waals surface area (Å²) in [5, 5.41) is 4.45. The minimum Gasteiger partial charge on any atom is -0.172 e. The summed E-state index contributed by atoms with van der Waals surface area (Å²) < 4.78 is 37.9. The number of alkyl halides is 3. The molecule has 0 aromatic heterocycles. The number of benzene rings is 1. The van der Waals surface area contributed by atoms with Gasteiger partial charge in [0.15, 0.2) is 0 Å². The molecule has 0 radical (unpaired) electrons. The van der Waals surface area contributed by atoms with Crippen molar-refractivity contribution >= 4 is 11.7 Å². The molecule has 1 heterocycles. The van der Waals surface area contributed by atoms with E-state index in [0.29, 0.717) is 16.0 Å². The first-order valence-corrected chi connectivity index (χ1v) is 6.44. The molecule has 0 atom stereocenters. The molecule has 1 aromatic carbocycles. The third-order valence-electron chi connectivity index (χ3n) is 3.16. The van der Waals surface area contributed by atoms with Crippen molar-refractivity contribution in [3.8, 4) is 0 Å². The van der Waals surface area contributed by atoms with E-state index in [9.17, 15) is 13.2 Å². The van der Waals surface area contributed by atoms with E-state index < -0.39 is 11.7 Å². The minimum absolute atomic E-state index is 0.310. The molecule has 0 saturated carbocycles. The monoisotopic (exact) mass is 284 g/mol. The molecule has 0 bridgehead atoms. The Morgan fingerprint density at radius 3 is 2.20 bits per heavy atom. The van der Waals surface area contributed by atoms with Gasteiger partial charge in [0.2, 0.25) is 11.7 Å². The van der Waals surface area contributed by atoms with Crippen LogP contribution in [0.4, 0.5) is 13.2 Å². The molecular weight excluding hydrogens is 267 g/mol. The highest BCUT2D eigenvalue weighted by atomic mass is 19.4. The Kier molecular flexibility index (Phi) is 3.69. The van der Waals surface area contributed by atoms with E-state index >= 15 is 0 Å². The molecule has 6 heteroatoms. The lowest BCUT2D eigenvalue weighted by atomic mass is 10.1. The molecule has 0 fully saturated rings. The van der Waals surface area contributed by atoms with Crippen LogP contribution in [0.15, 0.2) is 34.4 Å². The molecule has 0 saturated heterocycles. The number of hydrogen-bond acceptors (Lipinski definition) is 2. The summed E-state index contributed by atoms with van der Waals surface area (Å²) in [5.74, 6) is 1.41. The van der Waals surface area contributed by atoms with Gasteiger partial charge in [-0.25, -0.2) is 0 Å². The third kappa shape index (κ3) is 2.90. The number of amidine groups is 2. The van der Waals surface area contributed by atoms with E-state index in [-0.39, 0.29) is 0 Å². The van der Waals surface area contributed by atoms with Crippen LogP contribution in [0.2, 0.25) is 0 Å². The Bertz CT molecular complexity index is 554. The predicted octanol–water partition coefficient (Wildman–Crippen LogP) is 3.66. The summed E-state index contributed by atoms with van der Waals surface area (Å²) >= 11 is 0. The molecule has 3 nitrogen and oxygen atoms in total.